The van der Waals surface area contributed by atoms with Gasteiger partial charge in [-0.05, 0) is 38.3 Å². The Bertz CT molecular complexity index is 367. The van der Waals surface area contributed by atoms with Crippen LogP contribution in [0, 0.1) is 0 Å². The van der Waals surface area contributed by atoms with Crippen molar-refractivity contribution in [3.8, 4) is 0 Å². The highest BCUT2D eigenvalue weighted by Gasteiger charge is 2.43. The summed E-state index contributed by atoms with van der Waals surface area (Å²) in [6.45, 7) is 6.73. The zero-order valence-corrected chi connectivity index (χ0v) is 9.67. The lowest BCUT2D eigenvalue weighted by Gasteiger charge is -2.45. The molecule has 1 atom stereocenters. The van der Waals surface area contributed by atoms with Crippen molar-refractivity contribution in [3.05, 3.63) is 35.4 Å². The van der Waals surface area contributed by atoms with Crippen molar-refractivity contribution in [1.82, 2.24) is 5.32 Å². The standard InChI is InChI=1S/C13H19NO/c1-12(2,15)13(3)11-7-5-4-6-10(11)8-9-14-13/h4-7,14-15H,8-9H2,1-3H3. The molecule has 1 heterocycles. The molecule has 0 saturated heterocycles. The summed E-state index contributed by atoms with van der Waals surface area (Å²) in [7, 11) is 0. The van der Waals surface area contributed by atoms with Gasteiger partial charge in [0, 0.05) is 6.54 Å². The summed E-state index contributed by atoms with van der Waals surface area (Å²) < 4.78 is 0. The number of fused-ring (bicyclic) bond motifs is 1. The molecule has 1 aliphatic rings. The highest BCUT2D eigenvalue weighted by Crippen LogP contribution is 2.36. The molecule has 0 saturated carbocycles. The van der Waals surface area contributed by atoms with E-state index in [1.807, 2.05) is 19.9 Å². The van der Waals surface area contributed by atoms with Crippen molar-refractivity contribution < 1.29 is 5.11 Å². The Hall–Kier alpha value is -0.860. The van der Waals surface area contributed by atoms with E-state index in [-0.39, 0.29) is 5.54 Å². The maximum atomic E-state index is 10.3. The van der Waals surface area contributed by atoms with Crippen molar-refractivity contribution >= 4 is 0 Å². The molecule has 1 unspecified atom stereocenters. The van der Waals surface area contributed by atoms with Crippen molar-refractivity contribution in [2.24, 2.45) is 0 Å². The maximum Gasteiger partial charge on any atom is 0.0811 e. The van der Waals surface area contributed by atoms with Crippen LogP contribution in [0.4, 0.5) is 0 Å². The highest BCUT2D eigenvalue weighted by molar-refractivity contribution is 5.37. The van der Waals surface area contributed by atoms with Crippen LogP contribution in [0.25, 0.3) is 0 Å². The molecular weight excluding hydrogens is 186 g/mol. The van der Waals surface area contributed by atoms with E-state index in [9.17, 15) is 5.11 Å². The van der Waals surface area contributed by atoms with E-state index in [4.69, 9.17) is 0 Å². The van der Waals surface area contributed by atoms with Gasteiger partial charge in [-0.1, -0.05) is 24.3 Å². The molecule has 0 radical (unpaired) electrons. The molecule has 0 spiro atoms. The normalized spacial score (nSPS) is 26.1. The summed E-state index contributed by atoms with van der Waals surface area (Å²) in [5.74, 6) is 0. The van der Waals surface area contributed by atoms with Gasteiger partial charge in [-0.15, -0.1) is 0 Å². The van der Waals surface area contributed by atoms with Crippen LogP contribution in [0.3, 0.4) is 0 Å². The van der Waals surface area contributed by atoms with Crippen molar-refractivity contribution in [1.29, 1.82) is 0 Å². The molecule has 0 aromatic heterocycles. The molecule has 2 heteroatoms. The summed E-state index contributed by atoms with van der Waals surface area (Å²) >= 11 is 0. The fourth-order valence-electron chi connectivity index (χ4n) is 2.31. The average molecular weight is 205 g/mol. The minimum Gasteiger partial charge on any atom is -0.388 e. The number of aliphatic hydroxyl groups is 1. The molecule has 1 aromatic carbocycles. The van der Waals surface area contributed by atoms with Crippen molar-refractivity contribution in [3.63, 3.8) is 0 Å². The second-order valence-electron chi connectivity index (χ2n) is 5.02. The van der Waals surface area contributed by atoms with Crippen molar-refractivity contribution in [2.45, 2.75) is 38.3 Å². The third-order valence-corrected chi connectivity index (χ3v) is 3.65. The quantitative estimate of drug-likeness (QED) is 0.733. The first kappa shape index (κ1) is 10.7. The Kier molecular flexibility index (Phi) is 2.36. The predicted molar refractivity (Wildman–Crippen MR) is 61.8 cm³/mol. The predicted octanol–water partition coefficient (Wildman–Crippen LogP) is 1.82. The highest BCUT2D eigenvalue weighted by atomic mass is 16.3. The van der Waals surface area contributed by atoms with Crippen LogP contribution in [0.5, 0.6) is 0 Å². The number of nitrogens with one attached hydrogen (secondary N) is 1. The first-order valence-corrected chi connectivity index (χ1v) is 5.51. The zero-order chi connectivity index (χ0) is 11.1. The Labute approximate surface area is 91.3 Å². The summed E-state index contributed by atoms with van der Waals surface area (Å²) in [5.41, 5.74) is 1.47. The molecule has 0 fully saturated rings. The van der Waals surface area contributed by atoms with Crippen LogP contribution < -0.4 is 5.32 Å². The van der Waals surface area contributed by atoms with E-state index in [0.29, 0.717) is 0 Å². The van der Waals surface area contributed by atoms with Gasteiger partial charge in [-0.2, -0.15) is 0 Å². The van der Waals surface area contributed by atoms with E-state index in [0.717, 1.165) is 13.0 Å². The van der Waals surface area contributed by atoms with Crippen molar-refractivity contribution in [2.75, 3.05) is 6.54 Å². The Morgan fingerprint density at radius 1 is 1.33 bits per heavy atom. The van der Waals surface area contributed by atoms with Gasteiger partial charge in [0.15, 0.2) is 0 Å². The summed E-state index contributed by atoms with van der Waals surface area (Å²) in [5, 5.41) is 13.7. The Morgan fingerprint density at radius 2 is 2.00 bits per heavy atom. The van der Waals surface area contributed by atoms with E-state index >= 15 is 0 Å². The van der Waals surface area contributed by atoms with Crippen LogP contribution in [0.2, 0.25) is 0 Å². The molecule has 2 N–H and O–H groups in total. The van der Waals surface area contributed by atoms with E-state index in [1.165, 1.54) is 11.1 Å². The minimum absolute atomic E-state index is 0.345. The van der Waals surface area contributed by atoms with Crippen LogP contribution in [0.1, 0.15) is 31.9 Å². The van der Waals surface area contributed by atoms with Gasteiger partial charge in [0.25, 0.3) is 0 Å². The molecule has 0 aliphatic carbocycles. The molecule has 15 heavy (non-hydrogen) atoms. The fourth-order valence-corrected chi connectivity index (χ4v) is 2.31. The molecule has 0 bridgehead atoms. The lowest BCUT2D eigenvalue weighted by molar-refractivity contribution is -0.0194. The average Bonchev–Trinajstić information content (AvgIpc) is 2.17. The zero-order valence-electron chi connectivity index (χ0n) is 9.67. The monoisotopic (exact) mass is 205 g/mol. The summed E-state index contributed by atoms with van der Waals surface area (Å²) in [4.78, 5) is 0. The van der Waals surface area contributed by atoms with Crippen LogP contribution in [0.15, 0.2) is 24.3 Å². The third-order valence-electron chi connectivity index (χ3n) is 3.65. The number of hydrogen-bond acceptors (Lipinski definition) is 2. The second kappa shape index (κ2) is 3.32. The molecule has 2 rings (SSSR count). The molecule has 1 aliphatic heterocycles. The van der Waals surface area contributed by atoms with Gasteiger partial charge in [0.1, 0.15) is 0 Å². The van der Waals surface area contributed by atoms with Gasteiger partial charge in [-0.25, -0.2) is 0 Å². The minimum atomic E-state index is -0.760. The number of hydrogen-bond donors (Lipinski definition) is 2. The third kappa shape index (κ3) is 1.58. The first-order valence-electron chi connectivity index (χ1n) is 5.51. The van der Waals surface area contributed by atoms with Crippen LogP contribution in [-0.4, -0.2) is 17.3 Å². The van der Waals surface area contributed by atoms with E-state index < -0.39 is 5.60 Å². The van der Waals surface area contributed by atoms with Gasteiger partial charge >= 0.3 is 0 Å². The van der Waals surface area contributed by atoms with Gasteiger partial charge in [-0.3, -0.25) is 0 Å². The SMILES string of the molecule is CC(C)(O)C1(C)NCCc2ccccc21. The van der Waals surface area contributed by atoms with Crippen LogP contribution in [-0.2, 0) is 12.0 Å². The lowest BCUT2D eigenvalue weighted by atomic mass is 9.74. The number of rotatable bonds is 1. The fraction of sp³-hybridized carbons (Fsp3) is 0.538. The molecule has 1 aromatic rings. The number of benzene rings is 1. The summed E-state index contributed by atoms with van der Waals surface area (Å²) in [6, 6.07) is 8.37. The largest absolute Gasteiger partial charge is 0.388 e. The Balaban J connectivity index is 2.55. The van der Waals surface area contributed by atoms with Crippen LogP contribution >= 0.6 is 0 Å². The topological polar surface area (TPSA) is 32.3 Å². The molecule has 82 valence electrons. The second-order valence-corrected chi connectivity index (χ2v) is 5.02. The Morgan fingerprint density at radius 3 is 2.67 bits per heavy atom. The molecular formula is C13H19NO. The van der Waals surface area contributed by atoms with Gasteiger partial charge < -0.3 is 10.4 Å². The van der Waals surface area contributed by atoms with E-state index in [1.54, 1.807) is 0 Å². The maximum absolute atomic E-state index is 10.3. The molecule has 0 amide bonds. The smallest absolute Gasteiger partial charge is 0.0811 e. The van der Waals surface area contributed by atoms with Gasteiger partial charge in [0.05, 0.1) is 11.1 Å². The lowest BCUT2D eigenvalue weighted by Crippen LogP contribution is -2.58. The summed E-state index contributed by atoms with van der Waals surface area (Å²) in [6.07, 6.45) is 1.04. The molecule has 2 nitrogen and oxygen atoms in total. The van der Waals surface area contributed by atoms with Gasteiger partial charge in [0.2, 0.25) is 0 Å². The first-order chi connectivity index (χ1) is 6.95. The van der Waals surface area contributed by atoms with E-state index in [2.05, 4.69) is 30.4 Å².